The third-order valence-electron chi connectivity index (χ3n) is 5.87. The molecule has 1 amide bonds. The normalized spacial score (nSPS) is 18.2. The summed E-state index contributed by atoms with van der Waals surface area (Å²) in [6, 6.07) is 8.16. The molecule has 0 unspecified atom stereocenters. The number of rotatable bonds is 5. The van der Waals surface area contributed by atoms with Crippen LogP contribution in [0.25, 0.3) is 10.9 Å². The number of para-hydroxylation sites is 1. The molecule has 2 saturated carbocycles. The maximum absolute atomic E-state index is 12.9. The Balaban J connectivity index is 1.54. The highest BCUT2D eigenvalue weighted by Gasteiger charge is 2.29. The molecule has 138 valence electrons. The maximum Gasteiger partial charge on any atom is 0.261 e. The molecule has 2 fully saturated rings. The zero-order valence-corrected chi connectivity index (χ0v) is 15.5. The molecule has 1 aromatic carbocycles. The highest BCUT2D eigenvalue weighted by Crippen LogP contribution is 2.35. The topological polar surface area (TPSA) is 55.2 Å². The van der Waals surface area contributed by atoms with E-state index in [9.17, 15) is 9.59 Å². The second kappa shape index (κ2) is 7.22. The average molecular weight is 353 g/mol. The van der Waals surface area contributed by atoms with Crippen molar-refractivity contribution in [3.05, 3.63) is 40.4 Å². The summed E-state index contributed by atoms with van der Waals surface area (Å²) in [5.74, 6) is 0.934. The van der Waals surface area contributed by atoms with Crippen molar-refractivity contribution >= 4 is 16.8 Å². The molecule has 5 heteroatoms. The molecule has 0 bridgehead atoms. The predicted octanol–water partition coefficient (Wildman–Crippen LogP) is 3.46. The van der Waals surface area contributed by atoms with Crippen LogP contribution < -0.4 is 5.56 Å². The van der Waals surface area contributed by atoms with E-state index in [-0.39, 0.29) is 17.5 Å². The van der Waals surface area contributed by atoms with Gasteiger partial charge in [-0.1, -0.05) is 31.4 Å². The Hall–Kier alpha value is -2.17. The molecule has 26 heavy (non-hydrogen) atoms. The number of carbonyl (C=O) groups is 1. The van der Waals surface area contributed by atoms with Crippen molar-refractivity contribution in [2.24, 2.45) is 0 Å². The van der Waals surface area contributed by atoms with Crippen LogP contribution in [0.15, 0.2) is 29.1 Å². The molecule has 0 atom stereocenters. The van der Waals surface area contributed by atoms with Crippen molar-refractivity contribution in [2.75, 3.05) is 7.05 Å². The summed E-state index contributed by atoms with van der Waals surface area (Å²) >= 11 is 0. The summed E-state index contributed by atoms with van der Waals surface area (Å²) in [6.45, 7) is 0. The van der Waals surface area contributed by atoms with Gasteiger partial charge >= 0.3 is 0 Å². The summed E-state index contributed by atoms with van der Waals surface area (Å²) in [6.07, 6.45) is 8.97. The van der Waals surface area contributed by atoms with Crippen molar-refractivity contribution in [3.63, 3.8) is 0 Å². The van der Waals surface area contributed by atoms with Crippen LogP contribution in [0, 0.1) is 0 Å². The lowest BCUT2D eigenvalue weighted by atomic mass is 9.94. The van der Waals surface area contributed by atoms with E-state index in [0.29, 0.717) is 24.3 Å². The zero-order valence-electron chi connectivity index (χ0n) is 15.5. The summed E-state index contributed by atoms with van der Waals surface area (Å²) in [7, 11) is 1.93. The fraction of sp³-hybridized carbons (Fsp3) is 0.571. The van der Waals surface area contributed by atoms with Gasteiger partial charge in [-0.25, -0.2) is 4.98 Å². The van der Waals surface area contributed by atoms with Crippen LogP contribution >= 0.6 is 0 Å². The van der Waals surface area contributed by atoms with Gasteiger partial charge in [0.25, 0.3) is 5.56 Å². The first-order valence-corrected chi connectivity index (χ1v) is 9.91. The summed E-state index contributed by atoms with van der Waals surface area (Å²) in [5.41, 5.74) is 0.777. The van der Waals surface area contributed by atoms with Crippen LogP contribution in [-0.4, -0.2) is 33.4 Å². The van der Waals surface area contributed by atoms with E-state index >= 15 is 0 Å². The van der Waals surface area contributed by atoms with Crippen molar-refractivity contribution in [2.45, 2.75) is 69.9 Å². The Morgan fingerprint density at radius 1 is 1.15 bits per heavy atom. The molecule has 2 aliphatic rings. The number of amides is 1. The molecule has 2 aliphatic carbocycles. The van der Waals surface area contributed by atoms with Gasteiger partial charge in [0.1, 0.15) is 5.82 Å². The zero-order chi connectivity index (χ0) is 18.1. The summed E-state index contributed by atoms with van der Waals surface area (Å²) in [4.78, 5) is 32.2. The summed E-state index contributed by atoms with van der Waals surface area (Å²) in [5, 5.41) is 0.675. The first-order valence-electron chi connectivity index (χ1n) is 9.91. The first-order chi connectivity index (χ1) is 12.6. The van der Waals surface area contributed by atoms with Crippen LogP contribution in [0.3, 0.4) is 0 Å². The van der Waals surface area contributed by atoms with E-state index in [0.717, 1.165) is 37.0 Å². The molecule has 0 aliphatic heterocycles. The molecule has 4 rings (SSSR count). The Morgan fingerprint density at radius 2 is 1.88 bits per heavy atom. The van der Waals surface area contributed by atoms with Crippen LogP contribution in [0.5, 0.6) is 0 Å². The highest BCUT2D eigenvalue weighted by molar-refractivity contribution is 5.78. The van der Waals surface area contributed by atoms with E-state index < -0.39 is 0 Å². The number of aromatic nitrogens is 2. The Morgan fingerprint density at radius 3 is 2.62 bits per heavy atom. The number of benzene rings is 1. The third-order valence-corrected chi connectivity index (χ3v) is 5.87. The number of nitrogens with zero attached hydrogens (tertiary/aromatic N) is 3. The van der Waals surface area contributed by atoms with Gasteiger partial charge < -0.3 is 4.90 Å². The lowest BCUT2D eigenvalue weighted by Crippen LogP contribution is -2.38. The molecule has 2 aromatic rings. The van der Waals surface area contributed by atoms with Gasteiger partial charge in [-0.05, 0) is 37.8 Å². The lowest BCUT2D eigenvalue weighted by Gasteiger charge is -2.31. The molecular formula is C21H27N3O2. The predicted molar refractivity (Wildman–Crippen MR) is 102 cm³/mol. The Kier molecular flexibility index (Phi) is 4.79. The number of carbonyl (C=O) groups excluding carboxylic acids is 1. The molecule has 0 radical (unpaired) electrons. The van der Waals surface area contributed by atoms with E-state index in [1.165, 1.54) is 19.3 Å². The van der Waals surface area contributed by atoms with E-state index in [4.69, 9.17) is 4.98 Å². The molecular weight excluding hydrogens is 326 g/mol. The third kappa shape index (κ3) is 3.39. The first kappa shape index (κ1) is 17.3. The van der Waals surface area contributed by atoms with Gasteiger partial charge in [-0.2, -0.15) is 0 Å². The Labute approximate surface area is 154 Å². The fourth-order valence-electron chi connectivity index (χ4n) is 4.14. The van der Waals surface area contributed by atoms with E-state index in [1.54, 1.807) is 0 Å². The van der Waals surface area contributed by atoms with Crippen LogP contribution in [0.2, 0.25) is 0 Å². The fourth-order valence-corrected chi connectivity index (χ4v) is 4.14. The van der Waals surface area contributed by atoms with E-state index in [2.05, 4.69) is 0 Å². The van der Waals surface area contributed by atoms with Crippen molar-refractivity contribution in [1.82, 2.24) is 14.5 Å². The monoisotopic (exact) mass is 353 g/mol. The van der Waals surface area contributed by atoms with Gasteiger partial charge in [-0.15, -0.1) is 0 Å². The minimum atomic E-state index is 0.0428. The number of hydrogen-bond acceptors (Lipinski definition) is 3. The minimum absolute atomic E-state index is 0.0428. The second-order valence-corrected chi connectivity index (χ2v) is 7.75. The molecule has 1 heterocycles. The molecule has 1 aromatic heterocycles. The quantitative estimate of drug-likeness (QED) is 0.827. The van der Waals surface area contributed by atoms with Gasteiger partial charge in [0, 0.05) is 32.0 Å². The Bertz CT molecular complexity index is 863. The van der Waals surface area contributed by atoms with Crippen molar-refractivity contribution in [3.8, 4) is 0 Å². The SMILES string of the molecule is CN(C(=O)CCc1nc2ccccc2c(=O)n1C1CC1)C1CCCCC1. The minimum Gasteiger partial charge on any atom is -0.343 e. The number of hydrogen-bond donors (Lipinski definition) is 0. The average Bonchev–Trinajstić information content (AvgIpc) is 3.51. The lowest BCUT2D eigenvalue weighted by molar-refractivity contribution is -0.132. The largest absolute Gasteiger partial charge is 0.343 e. The molecule has 0 spiro atoms. The van der Waals surface area contributed by atoms with E-state index in [1.807, 2.05) is 40.8 Å². The standard InChI is InChI=1S/C21H27N3O2/c1-23(15-7-3-2-4-8-15)20(25)14-13-19-22-18-10-6-5-9-17(18)21(26)24(19)16-11-12-16/h5-6,9-10,15-16H,2-4,7-8,11-14H2,1H3. The maximum atomic E-state index is 12.9. The van der Waals surface area contributed by atoms with Gasteiger partial charge in [0.15, 0.2) is 0 Å². The highest BCUT2D eigenvalue weighted by atomic mass is 16.2. The van der Waals surface area contributed by atoms with Crippen LogP contribution in [-0.2, 0) is 11.2 Å². The smallest absolute Gasteiger partial charge is 0.261 e. The second-order valence-electron chi connectivity index (χ2n) is 7.75. The number of aryl methyl sites for hydroxylation is 1. The molecule has 0 saturated heterocycles. The number of fused-ring (bicyclic) bond motifs is 1. The molecule has 0 N–H and O–H groups in total. The van der Waals surface area contributed by atoms with Crippen LogP contribution in [0.1, 0.15) is 63.2 Å². The van der Waals surface area contributed by atoms with Gasteiger partial charge in [-0.3, -0.25) is 14.2 Å². The van der Waals surface area contributed by atoms with Crippen molar-refractivity contribution in [1.29, 1.82) is 0 Å². The molecule has 5 nitrogen and oxygen atoms in total. The van der Waals surface area contributed by atoms with Crippen molar-refractivity contribution < 1.29 is 4.79 Å². The van der Waals surface area contributed by atoms with Gasteiger partial charge in [0.2, 0.25) is 5.91 Å². The van der Waals surface area contributed by atoms with Crippen LogP contribution in [0.4, 0.5) is 0 Å². The summed E-state index contributed by atoms with van der Waals surface area (Å²) < 4.78 is 1.84. The van der Waals surface area contributed by atoms with Gasteiger partial charge in [0.05, 0.1) is 10.9 Å².